The lowest BCUT2D eigenvalue weighted by molar-refractivity contribution is -0.122. The number of carbonyl (C=O) groups excluding carboxylic acids is 1. The van der Waals surface area contributed by atoms with E-state index in [0.29, 0.717) is 22.9 Å². The number of halogens is 1. The standard InChI is InChI=1S/C19H23ClN2O4S/c1-4-18(19(23)21-13-14-7-5-6-8-17(14)20)22(27(3,24)25)15-9-11-16(26-2)12-10-15/h5-12,18H,4,13H2,1-3H3,(H,21,23). The highest BCUT2D eigenvalue weighted by atomic mass is 35.5. The summed E-state index contributed by atoms with van der Waals surface area (Å²) in [5.74, 6) is 0.210. The molecule has 0 aliphatic carbocycles. The van der Waals surface area contributed by atoms with Gasteiger partial charge in [0.1, 0.15) is 11.8 Å². The molecule has 0 aromatic heterocycles. The number of hydrogen-bond acceptors (Lipinski definition) is 4. The third-order valence-electron chi connectivity index (χ3n) is 4.07. The molecule has 1 N–H and O–H groups in total. The molecule has 2 aromatic carbocycles. The molecule has 0 saturated carbocycles. The Balaban J connectivity index is 2.26. The molecule has 0 fully saturated rings. The van der Waals surface area contributed by atoms with Crippen LogP contribution in [0.3, 0.4) is 0 Å². The Kier molecular flexibility index (Phi) is 7.10. The molecule has 2 rings (SSSR count). The van der Waals surface area contributed by atoms with E-state index in [4.69, 9.17) is 16.3 Å². The molecule has 0 radical (unpaired) electrons. The molecule has 146 valence electrons. The normalized spacial score (nSPS) is 12.3. The Morgan fingerprint density at radius 2 is 1.81 bits per heavy atom. The molecular weight excluding hydrogens is 388 g/mol. The fourth-order valence-corrected chi connectivity index (χ4v) is 4.15. The van der Waals surface area contributed by atoms with E-state index in [2.05, 4.69) is 5.32 Å². The van der Waals surface area contributed by atoms with Gasteiger partial charge in [-0.25, -0.2) is 8.42 Å². The van der Waals surface area contributed by atoms with Crippen molar-refractivity contribution in [3.63, 3.8) is 0 Å². The minimum absolute atomic E-state index is 0.217. The largest absolute Gasteiger partial charge is 0.497 e. The minimum Gasteiger partial charge on any atom is -0.497 e. The van der Waals surface area contributed by atoms with Crippen LogP contribution in [0, 0.1) is 0 Å². The maximum absolute atomic E-state index is 12.8. The highest BCUT2D eigenvalue weighted by molar-refractivity contribution is 7.92. The zero-order valence-corrected chi connectivity index (χ0v) is 17.0. The molecule has 0 aliphatic heterocycles. The van der Waals surface area contributed by atoms with E-state index in [-0.39, 0.29) is 6.54 Å². The average molecular weight is 411 g/mol. The van der Waals surface area contributed by atoms with Crippen LogP contribution >= 0.6 is 11.6 Å². The number of nitrogens with zero attached hydrogens (tertiary/aromatic N) is 1. The van der Waals surface area contributed by atoms with E-state index < -0.39 is 22.0 Å². The van der Waals surface area contributed by atoms with Gasteiger partial charge in [0, 0.05) is 11.6 Å². The number of carbonyl (C=O) groups is 1. The van der Waals surface area contributed by atoms with Crippen LogP contribution in [0.5, 0.6) is 5.75 Å². The van der Waals surface area contributed by atoms with Crippen LogP contribution in [0.4, 0.5) is 5.69 Å². The maximum Gasteiger partial charge on any atom is 0.244 e. The fourth-order valence-electron chi connectivity index (χ4n) is 2.73. The van der Waals surface area contributed by atoms with Gasteiger partial charge in [0.05, 0.1) is 19.1 Å². The van der Waals surface area contributed by atoms with Crippen molar-refractivity contribution in [3.8, 4) is 5.75 Å². The molecule has 0 saturated heterocycles. The van der Waals surface area contributed by atoms with Crippen molar-refractivity contribution >= 4 is 33.2 Å². The molecule has 0 heterocycles. The number of hydrogen-bond donors (Lipinski definition) is 1. The first kappa shape index (κ1) is 21.1. The van der Waals surface area contributed by atoms with Crippen LogP contribution < -0.4 is 14.4 Å². The molecule has 6 nitrogen and oxygen atoms in total. The minimum atomic E-state index is -3.68. The van der Waals surface area contributed by atoms with Crippen LogP contribution in [0.15, 0.2) is 48.5 Å². The second-order valence-electron chi connectivity index (χ2n) is 5.99. The third kappa shape index (κ3) is 5.37. The van der Waals surface area contributed by atoms with Crippen molar-refractivity contribution in [2.75, 3.05) is 17.7 Å². The summed E-state index contributed by atoms with van der Waals surface area (Å²) in [7, 11) is -2.15. The Hall–Kier alpha value is -2.25. The summed E-state index contributed by atoms with van der Waals surface area (Å²) in [5, 5.41) is 3.32. The molecule has 1 unspecified atom stereocenters. The highest BCUT2D eigenvalue weighted by Gasteiger charge is 2.31. The molecule has 27 heavy (non-hydrogen) atoms. The highest BCUT2D eigenvalue weighted by Crippen LogP contribution is 2.25. The summed E-state index contributed by atoms with van der Waals surface area (Å²) in [5.41, 5.74) is 1.16. The van der Waals surface area contributed by atoms with Gasteiger partial charge in [-0.2, -0.15) is 0 Å². The Morgan fingerprint density at radius 1 is 1.19 bits per heavy atom. The van der Waals surface area contributed by atoms with Gasteiger partial charge in [-0.3, -0.25) is 9.10 Å². The zero-order chi connectivity index (χ0) is 20.0. The van der Waals surface area contributed by atoms with E-state index in [9.17, 15) is 13.2 Å². The van der Waals surface area contributed by atoms with Crippen molar-refractivity contribution in [2.45, 2.75) is 25.9 Å². The summed E-state index contributed by atoms with van der Waals surface area (Å²) in [6.07, 6.45) is 1.40. The van der Waals surface area contributed by atoms with E-state index in [0.717, 1.165) is 16.1 Å². The molecule has 0 spiro atoms. The Bertz CT molecular complexity index is 885. The topological polar surface area (TPSA) is 75.7 Å². The van der Waals surface area contributed by atoms with Gasteiger partial charge in [-0.15, -0.1) is 0 Å². The lowest BCUT2D eigenvalue weighted by atomic mass is 10.1. The van der Waals surface area contributed by atoms with Gasteiger partial charge in [0.25, 0.3) is 0 Å². The first-order valence-corrected chi connectivity index (χ1v) is 10.6. The molecule has 1 atom stereocenters. The Labute approximate surface area is 165 Å². The fraction of sp³-hybridized carbons (Fsp3) is 0.316. The van der Waals surface area contributed by atoms with Crippen LogP contribution in [0.1, 0.15) is 18.9 Å². The molecule has 0 bridgehead atoms. The molecule has 1 amide bonds. The maximum atomic E-state index is 12.8. The molecule has 8 heteroatoms. The van der Waals surface area contributed by atoms with Crippen molar-refractivity contribution in [3.05, 3.63) is 59.1 Å². The van der Waals surface area contributed by atoms with E-state index in [1.165, 1.54) is 7.11 Å². The second-order valence-corrected chi connectivity index (χ2v) is 8.26. The predicted molar refractivity (Wildman–Crippen MR) is 108 cm³/mol. The summed E-state index contributed by atoms with van der Waals surface area (Å²) in [6.45, 7) is 1.98. The van der Waals surface area contributed by atoms with Gasteiger partial charge in [-0.1, -0.05) is 36.7 Å². The molecule has 2 aromatic rings. The van der Waals surface area contributed by atoms with Crippen LogP contribution in [0.25, 0.3) is 0 Å². The Morgan fingerprint density at radius 3 is 2.33 bits per heavy atom. The number of amides is 1. The zero-order valence-electron chi connectivity index (χ0n) is 15.5. The number of methoxy groups -OCH3 is 1. The van der Waals surface area contributed by atoms with E-state index in [1.54, 1.807) is 49.4 Å². The number of sulfonamides is 1. The van der Waals surface area contributed by atoms with Crippen LogP contribution in [-0.4, -0.2) is 33.7 Å². The smallest absolute Gasteiger partial charge is 0.244 e. The van der Waals surface area contributed by atoms with Gasteiger partial charge < -0.3 is 10.1 Å². The van der Waals surface area contributed by atoms with Gasteiger partial charge >= 0.3 is 0 Å². The third-order valence-corrected chi connectivity index (χ3v) is 5.62. The number of rotatable bonds is 8. The molecule has 0 aliphatic rings. The van der Waals surface area contributed by atoms with Gasteiger partial charge in [0.15, 0.2) is 0 Å². The predicted octanol–water partition coefficient (Wildman–Crippen LogP) is 3.21. The number of ether oxygens (including phenoxy) is 1. The second kappa shape index (κ2) is 9.10. The summed E-state index contributed by atoms with van der Waals surface area (Å²) in [6, 6.07) is 12.8. The lowest BCUT2D eigenvalue weighted by Crippen LogP contribution is -2.49. The SMILES string of the molecule is CCC(C(=O)NCc1ccccc1Cl)N(c1ccc(OC)cc1)S(C)(=O)=O. The first-order chi connectivity index (χ1) is 12.8. The number of benzene rings is 2. The first-order valence-electron chi connectivity index (χ1n) is 8.42. The molecular formula is C19H23ClN2O4S. The van der Waals surface area contributed by atoms with Crippen molar-refractivity contribution in [1.82, 2.24) is 5.32 Å². The number of nitrogens with one attached hydrogen (secondary N) is 1. The average Bonchev–Trinajstić information content (AvgIpc) is 2.64. The summed E-state index contributed by atoms with van der Waals surface area (Å²) < 4.78 is 31.1. The van der Waals surface area contributed by atoms with Crippen LogP contribution in [-0.2, 0) is 21.4 Å². The van der Waals surface area contributed by atoms with Crippen molar-refractivity contribution < 1.29 is 17.9 Å². The van der Waals surface area contributed by atoms with Gasteiger partial charge in [-0.05, 0) is 42.3 Å². The number of anilines is 1. The summed E-state index contributed by atoms with van der Waals surface area (Å²) >= 11 is 6.11. The van der Waals surface area contributed by atoms with E-state index >= 15 is 0 Å². The van der Waals surface area contributed by atoms with E-state index in [1.807, 2.05) is 6.07 Å². The summed E-state index contributed by atoms with van der Waals surface area (Å²) in [4.78, 5) is 12.8. The quantitative estimate of drug-likeness (QED) is 0.725. The van der Waals surface area contributed by atoms with Crippen molar-refractivity contribution in [1.29, 1.82) is 0 Å². The lowest BCUT2D eigenvalue weighted by Gasteiger charge is -2.30. The van der Waals surface area contributed by atoms with Crippen LogP contribution in [0.2, 0.25) is 5.02 Å². The van der Waals surface area contributed by atoms with Crippen molar-refractivity contribution in [2.24, 2.45) is 0 Å². The monoisotopic (exact) mass is 410 g/mol. The van der Waals surface area contributed by atoms with Gasteiger partial charge in [0.2, 0.25) is 15.9 Å².